The van der Waals surface area contributed by atoms with Gasteiger partial charge in [0.25, 0.3) is 5.91 Å². The van der Waals surface area contributed by atoms with E-state index in [0.717, 1.165) is 21.9 Å². The van der Waals surface area contributed by atoms with Crippen molar-refractivity contribution < 1.29 is 23.7 Å². The summed E-state index contributed by atoms with van der Waals surface area (Å²) in [6.07, 6.45) is 0. The predicted molar refractivity (Wildman–Crippen MR) is 114 cm³/mol. The minimum absolute atomic E-state index is 0.0746. The second kappa shape index (κ2) is 8.23. The maximum atomic E-state index is 13.1. The van der Waals surface area contributed by atoms with Gasteiger partial charge in [-0.15, -0.1) is 11.3 Å². The van der Waals surface area contributed by atoms with Crippen LogP contribution in [0.2, 0.25) is 0 Å². The van der Waals surface area contributed by atoms with Crippen molar-refractivity contribution in [3.8, 4) is 33.6 Å². The number of nitrogens with zero attached hydrogens (tertiary/aromatic N) is 2. The molecular formula is C22H22N2O5S. The molecule has 0 spiro atoms. The van der Waals surface area contributed by atoms with Crippen LogP contribution in [0, 0.1) is 6.92 Å². The van der Waals surface area contributed by atoms with Gasteiger partial charge in [0.1, 0.15) is 9.88 Å². The number of carbonyl (C=O) groups is 1. The summed E-state index contributed by atoms with van der Waals surface area (Å²) in [5, 5.41) is 0.758. The number of hydrogen-bond donors (Lipinski definition) is 0. The molecule has 3 aromatic rings. The summed E-state index contributed by atoms with van der Waals surface area (Å²) < 4.78 is 21.4. The molecule has 1 amide bonds. The van der Waals surface area contributed by atoms with E-state index in [2.05, 4.69) is 4.98 Å². The smallest absolute Gasteiger partial charge is 0.265 e. The van der Waals surface area contributed by atoms with Crippen LogP contribution in [0.3, 0.4) is 0 Å². The Hall–Kier alpha value is -3.26. The fourth-order valence-electron chi connectivity index (χ4n) is 3.25. The van der Waals surface area contributed by atoms with Crippen LogP contribution in [0.25, 0.3) is 10.6 Å². The zero-order chi connectivity index (χ0) is 21.3. The number of thiazole rings is 1. The van der Waals surface area contributed by atoms with E-state index in [4.69, 9.17) is 18.9 Å². The van der Waals surface area contributed by atoms with E-state index in [1.165, 1.54) is 11.3 Å². The number of amides is 1. The van der Waals surface area contributed by atoms with Gasteiger partial charge in [0, 0.05) is 19.2 Å². The van der Waals surface area contributed by atoms with Crippen molar-refractivity contribution in [2.75, 3.05) is 28.1 Å². The summed E-state index contributed by atoms with van der Waals surface area (Å²) in [5.74, 6) is 2.63. The van der Waals surface area contributed by atoms with Gasteiger partial charge in [-0.2, -0.15) is 0 Å². The van der Waals surface area contributed by atoms with Gasteiger partial charge in [0.15, 0.2) is 23.0 Å². The molecule has 1 aromatic heterocycles. The van der Waals surface area contributed by atoms with Gasteiger partial charge in [-0.05, 0) is 42.8 Å². The quantitative estimate of drug-likeness (QED) is 0.590. The minimum atomic E-state index is -0.0746. The van der Waals surface area contributed by atoms with Gasteiger partial charge in [0.05, 0.1) is 19.9 Å². The third kappa shape index (κ3) is 3.78. The lowest BCUT2D eigenvalue weighted by atomic mass is 10.2. The molecule has 1 aliphatic rings. The summed E-state index contributed by atoms with van der Waals surface area (Å²) >= 11 is 1.37. The van der Waals surface area contributed by atoms with Crippen molar-refractivity contribution in [1.82, 2.24) is 9.88 Å². The van der Waals surface area contributed by atoms with Gasteiger partial charge in [-0.25, -0.2) is 4.98 Å². The first-order valence-corrected chi connectivity index (χ1v) is 10.2. The van der Waals surface area contributed by atoms with E-state index in [1.54, 1.807) is 26.2 Å². The van der Waals surface area contributed by atoms with E-state index in [0.29, 0.717) is 34.4 Å². The molecule has 0 atom stereocenters. The SMILES string of the molecule is COc1ccc(-c2nc(C)c(C(=O)N(C)Cc3ccc4c(c3)OCO4)s2)cc1OC. The Morgan fingerprint density at radius 3 is 2.63 bits per heavy atom. The van der Waals surface area contributed by atoms with Gasteiger partial charge in [0.2, 0.25) is 6.79 Å². The van der Waals surface area contributed by atoms with E-state index >= 15 is 0 Å². The summed E-state index contributed by atoms with van der Waals surface area (Å²) in [7, 11) is 4.97. The Kier molecular flexibility index (Phi) is 5.50. The summed E-state index contributed by atoms with van der Waals surface area (Å²) in [4.78, 5) is 20.0. The second-order valence-electron chi connectivity index (χ2n) is 6.85. The van der Waals surface area contributed by atoms with Crippen molar-refractivity contribution >= 4 is 17.2 Å². The number of fused-ring (bicyclic) bond motifs is 1. The Labute approximate surface area is 178 Å². The van der Waals surface area contributed by atoms with Crippen molar-refractivity contribution in [2.45, 2.75) is 13.5 Å². The monoisotopic (exact) mass is 426 g/mol. The summed E-state index contributed by atoms with van der Waals surface area (Å²) in [6.45, 7) is 2.54. The number of aromatic nitrogens is 1. The van der Waals surface area contributed by atoms with Crippen molar-refractivity contribution in [1.29, 1.82) is 0 Å². The van der Waals surface area contributed by atoms with Crippen LogP contribution in [0.4, 0.5) is 0 Å². The molecule has 156 valence electrons. The molecule has 2 aromatic carbocycles. The molecule has 1 aliphatic heterocycles. The highest BCUT2D eigenvalue weighted by molar-refractivity contribution is 7.17. The minimum Gasteiger partial charge on any atom is -0.493 e. The number of ether oxygens (including phenoxy) is 4. The molecule has 0 saturated carbocycles. The topological polar surface area (TPSA) is 70.1 Å². The average Bonchev–Trinajstić information content (AvgIpc) is 3.38. The first-order chi connectivity index (χ1) is 14.5. The summed E-state index contributed by atoms with van der Waals surface area (Å²) in [5.41, 5.74) is 2.54. The van der Waals surface area contributed by atoms with E-state index < -0.39 is 0 Å². The molecule has 0 fully saturated rings. The molecule has 4 rings (SSSR count). The standard InChI is InChI=1S/C22H22N2O5S/c1-13-20(30-21(23-13)15-6-8-16(26-3)18(10-15)27-4)22(25)24(2)11-14-5-7-17-19(9-14)29-12-28-17/h5-10H,11-12H2,1-4H3. The molecule has 2 heterocycles. The lowest BCUT2D eigenvalue weighted by Gasteiger charge is -2.17. The number of benzene rings is 2. The normalized spacial score (nSPS) is 12.0. The van der Waals surface area contributed by atoms with Crippen LogP contribution >= 0.6 is 11.3 Å². The molecule has 8 heteroatoms. The second-order valence-corrected chi connectivity index (χ2v) is 7.85. The number of aryl methyl sites for hydroxylation is 1. The van der Waals surface area contributed by atoms with Crippen molar-refractivity contribution in [3.63, 3.8) is 0 Å². The molecule has 0 radical (unpaired) electrons. The van der Waals surface area contributed by atoms with Crippen LogP contribution in [0.1, 0.15) is 20.9 Å². The molecular weight excluding hydrogens is 404 g/mol. The van der Waals surface area contributed by atoms with Crippen LogP contribution in [0.5, 0.6) is 23.0 Å². The molecule has 0 saturated heterocycles. The number of hydrogen-bond acceptors (Lipinski definition) is 7. The molecule has 0 aliphatic carbocycles. The largest absolute Gasteiger partial charge is 0.493 e. The molecule has 7 nitrogen and oxygen atoms in total. The number of rotatable bonds is 6. The Morgan fingerprint density at radius 1 is 1.10 bits per heavy atom. The predicted octanol–water partition coefficient (Wildman–Crippen LogP) is 4.14. The third-order valence-corrected chi connectivity index (χ3v) is 6.02. The van der Waals surface area contributed by atoms with Crippen molar-refractivity contribution in [3.05, 3.63) is 52.5 Å². The van der Waals surface area contributed by atoms with Crippen molar-refractivity contribution in [2.24, 2.45) is 0 Å². The average molecular weight is 426 g/mol. The van der Waals surface area contributed by atoms with Crippen LogP contribution in [-0.4, -0.2) is 43.9 Å². The summed E-state index contributed by atoms with van der Waals surface area (Å²) in [6, 6.07) is 11.3. The van der Waals surface area contributed by atoms with Gasteiger partial charge >= 0.3 is 0 Å². The molecule has 0 N–H and O–H groups in total. The van der Waals surface area contributed by atoms with Gasteiger partial charge in [-0.1, -0.05) is 6.07 Å². The molecule has 30 heavy (non-hydrogen) atoms. The highest BCUT2D eigenvalue weighted by Crippen LogP contribution is 2.36. The van der Waals surface area contributed by atoms with Crippen LogP contribution < -0.4 is 18.9 Å². The van der Waals surface area contributed by atoms with E-state index in [-0.39, 0.29) is 12.7 Å². The van der Waals surface area contributed by atoms with Gasteiger partial charge in [-0.3, -0.25) is 4.79 Å². The Bertz CT molecular complexity index is 1100. The van der Waals surface area contributed by atoms with E-state index in [9.17, 15) is 4.79 Å². The highest BCUT2D eigenvalue weighted by Gasteiger charge is 2.21. The molecule has 0 unspecified atom stereocenters. The van der Waals surface area contributed by atoms with Crippen LogP contribution in [-0.2, 0) is 6.54 Å². The third-order valence-electron chi connectivity index (χ3n) is 4.82. The zero-order valence-corrected chi connectivity index (χ0v) is 18.0. The van der Waals surface area contributed by atoms with E-state index in [1.807, 2.05) is 43.3 Å². The van der Waals surface area contributed by atoms with Crippen LogP contribution in [0.15, 0.2) is 36.4 Å². The fourth-order valence-corrected chi connectivity index (χ4v) is 4.30. The zero-order valence-electron chi connectivity index (χ0n) is 17.2. The lowest BCUT2D eigenvalue weighted by Crippen LogP contribution is -2.26. The lowest BCUT2D eigenvalue weighted by molar-refractivity contribution is 0.0788. The number of methoxy groups -OCH3 is 2. The first kappa shape index (κ1) is 20.0. The maximum absolute atomic E-state index is 13.1. The highest BCUT2D eigenvalue weighted by atomic mass is 32.1. The Balaban J connectivity index is 1.54. The van der Waals surface area contributed by atoms with Gasteiger partial charge < -0.3 is 23.8 Å². The first-order valence-electron chi connectivity index (χ1n) is 9.34. The number of carbonyl (C=O) groups excluding carboxylic acids is 1. The maximum Gasteiger partial charge on any atom is 0.265 e. The fraction of sp³-hybridized carbons (Fsp3) is 0.273. The Morgan fingerprint density at radius 2 is 1.87 bits per heavy atom. The molecule has 0 bridgehead atoms.